The van der Waals surface area contributed by atoms with E-state index in [0.717, 1.165) is 46.4 Å². The molecule has 0 aliphatic heterocycles. The van der Waals surface area contributed by atoms with Gasteiger partial charge < -0.3 is 5.73 Å². The van der Waals surface area contributed by atoms with Crippen molar-refractivity contribution < 1.29 is 0 Å². The third kappa shape index (κ3) is 10.5. The number of allylic oxidation sites excluding steroid dienone is 17. The quantitative estimate of drug-likeness (QED) is 0.0602. The lowest BCUT2D eigenvalue weighted by molar-refractivity contribution is 0.714. The van der Waals surface area contributed by atoms with Gasteiger partial charge >= 0.3 is 0 Å². The number of nitrogens with zero attached hydrogens (tertiary/aromatic N) is 1. The molecule has 0 amide bonds. The van der Waals surface area contributed by atoms with Crippen LogP contribution in [0.25, 0.3) is 16.8 Å². The van der Waals surface area contributed by atoms with Crippen LogP contribution in [0.2, 0.25) is 0 Å². The van der Waals surface area contributed by atoms with Crippen molar-refractivity contribution in [2.45, 2.75) is 52.9 Å². The van der Waals surface area contributed by atoms with E-state index in [-0.39, 0.29) is 0 Å². The van der Waals surface area contributed by atoms with Gasteiger partial charge in [0.2, 0.25) is 0 Å². The molecule has 0 heterocycles. The maximum Gasteiger partial charge on any atom is 0.131 e. The molecule has 1 aliphatic carbocycles. The van der Waals surface area contributed by atoms with Gasteiger partial charge in [-0.05, 0) is 108 Å². The van der Waals surface area contributed by atoms with Crippen LogP contribution < -0.4 is 5.73 Å². The summed E-state index contributed by atoms with van der Waals surface area (Å²) in [5, 5.41) is 0. The second kappa shape index (κ2) is 21.5. The Labute approximate surface area is 371 Å². The van der Waals surface area contributed by atoms with Crippen LogP contribution in [-0.4, -0.2) is 5.84 Å². The number of nitrogens with two attached hydrogens (primary N) is 1. The number of hydrogen-bond acceptors (Lipinski definition) is 1. The highest BCUT2D eigenvalue weighted by molar-refractivity contribution is 6.00. The summed E-state index contributed by atoms with van der Waals surface area (Å²) < 4.78 is 0. The molecule has 0 radical (unpaired) electrons. The van der Waals surface area contributed by atoms with Gasteiger partial charge in [0.1, 0.15) is 5.84 Å². The molecule has 0 saturated carbocycles. The Bertz CT molecular complexity index is 2650. The topological polar surface area (TPSA) is 38.4 Å². The van der Waals surface area contributed by atoms with E-state index in [1.165, 1.54) is 44.5 Å². The van der Waals surface area contributed by atoms with Crippen molar-refractivity contribution in [3.8, 4) is 11.1 Å². The highest BCUT2D eigenvalue weighted by Crippen LogP contribution is 2.51. The largest absolute Gasteiger partial charge is 0.383 e. The molecule has 2 nitrogen and oxygen atoms in total. The van der Waals surface area contributed by atoms with Gasteiger partial charge in [0.25, 0.3) is 0 Å². The summed E-state index contributed by atoms with van der Waals surface area (Å²) in [6.07, 6.45) is 27.6. The average molecular weight is 809 g/mol. The predicted molar refractivity (Wildman–Crippen MR) is 269 cm³/mol. The molecular weight excluding hydrogens is 749 g/mol. The molecular formula is C60H60N2. The van der Waals surface area contributed by atoms with Gasteiger partial charge in [-0.15, -0.1) is 0 Å². The fourth-order valence-corrected chi connectivity index (χ4v) is 8.49. The van der Waals surface area contributed by atoms with Crippen molar-refractivity contribution in [1.29, 1.82) is 0 Å². The number of benzene rings is 5. The molecule has 6 rings (SSSR count). The van der Waals surface area contributed by atoms with Crippen LogP contribution >= 0.6 is 0 Å². The molecule has 2 N–H and O–H groups in total. The number of hydrogen-bond donors (Lipinski definition) is 1. The molecule has 1 aliphatic rings. The number of aliphatic imine (C=N–C) groups is 1. The first kappa shape index (κ1) is 44.5. The monoisotopic (exact) mass is 808 g/mol. The van der Waals surface area contributed by atoms with Crippen LogP contribution in [0.4, 0.5) is 0 Å². The molecule has 0 aromatic heterocycles. The molecule has 0 saturated heterocycles. The van der Waals surface area contributed by atoms with Gasteiger partial charge in [0, 0.05) is 11.1 Å². The Balaban J connectivity index is 1.51. The van der Waals surface area contributed by atoms with Crippen LogP contribution in [-0.2, 0) is 18.3 Å². The van der Waals surface area contributed by atoms with E-state index in [1.54, 1.807) is 0 Å². The number of aryl methyl sites for hydroxylation is 1. The Morgan fingerprint density at radius 1 is 0.726 bits per heavy atom. The van der Waals surface area contributed by atoms with E-state index >= 15 is 0 Å². The summed E-state index contributed by atoms with van der Waals surface area (Å²) in [6, 6.07) is 46.8. The minimum atomic E-state index is -0.679. The fourth-order valence-electron chi connectivity index (χ4n) is 8.49. The summed E-state index contributed by atoms with van der Waals surface area (Å²) in [5.41, 5.74) is 21.9. The highest BCUT2D eigenvalue weighted by atomic mass is 14.9. The number of rotatable bonds is 16. The van der Waals surface area contributed by atoms with Crippen molar-refractivity contribution in [1.82, 2.24) is 0 Å². The minimum absolute atomic E-state index is 0.299. The summed E-state index contributed by atoms with van der Waals surface area (Å²) >= 11 is 0. The van der Waals surface area contributed by atoms with Crippen molar-refractivity contribution >= 4 is 11.5 Å². The lowest BCUT2D eigenvalue weighted by atomic mass is 9.60. The van der Waals surface area contributed by atoms with E-state index in [0.29, 0.717) is 11.8 Å². The zero-order valence-electron chi connectivity index (χ0n) is 37.1. The fraction of sp³-hybridized carbons (Fsp3) is 0.150. The second-order valence-electron chi connectivity index (χ2n) is 16.0. The summed E-state index contributed by atoms with van der Waals surface area (Å²) in [7, 11) is 0. The van der Waals surface area contributed by atoms with Gasteiger partial charge in [-0.25, -0.2) is 4.99 Å². The Morgan fingerprint density at radius 3 is 2.08 bits per heavy atom. The van der Waals surface area contributed by atoms with Gasteiger partial charge in [0.15, 0.2) is 0 Å². The van der Waals surface area contributed by atoms with Gasteiger partial charge in [-0.1, -0.05) is 226 Å². The molecule has 5 aromatic carbocycles. The lowest BCUT2D eigenvalue weighted by Gasteiger charge is -2.42. The zero-order valence-corrected chi connectivity index (χ0v) is 37.1. The van der Waals surface area contributed by atoms with E-state index in [9.17, 15) is 0 Å². The van der Waals surface area contributed by atoms with Crippen molar-refractivity contribution in [3.63, 3.8) is 0 Å². The maximum atomic E-state index is 6.64. The summed E-state index contributed by atoms with van der Waals surface area (Å²) in [5.74, 6) is 0.784. The van der Waals surface area contributed by atoms with Gasteiger partial charge in [0.05, 0.1) is 11.1 Å². The zero-order chi connectivity index (χ0) is 43.9. The van der Waals surface area contributed by atoms with E-state index < -0.39 is 5.41 Å². The average Bonchev–Trinajstić information content (AvgIpc) is 3.47. The van der Waals surface area contributed by atoms with Gasteiger partial charge in [-0.3, -0.25) is 0 Å². The van der Waals surface area contributed by atoms with E-state index in [1.807, 2.05) is 48.6 Å². The van der Waals surface area contributed by atoms with Crippen LogP contribution in [0.3, 0.4) is 0 Å². The first-order valence-electron chi connectivity index (χ1n) is 21.6. The van der Waals surface area contributed by atoms with Gasteiger partial charge in [-0.2, -0.15) is 0 Å². The highest BCUT2D eigenvalue weighted by Gasteiger charge is 2.43. The van der Waals surface area contributed by atoms with Crippen LogP contribution in [0.15, 0.2) is 252 Å². The van der Waals surface area contributed by atoms with Crippen LogP contribution in [0.1, 0.15) is 61.1 Å². The standard InChI is InChI=1S/C60H60N2/c1-8-11-33-56(60(54(22-9-2)23-10-3,55-34-19-18-24-45(55)5)57-39-36-44(4)35-37-46(57)6)47(7)41-49-27-20-30-51(42-49)52-31-21-32-53(43-52)58(40-38-48-25-14-12-15-26-48)62-59(61)50-28-16-13-17-29-50/h8-37,39-40,42-44H,1-2,38,41H2,3-7H3,(H2,61,62)/b23-10-,33-11-,54-22+,56-47+,58-40-. The lowest BCUT2D eigenvalue weighted by Crippen LogP contribution is -2.35. The van der Waals surface area contributed by atoms with E-state index in [4.69, 9.17) is 10.7 Å². The predicted octanol–water partition coefficient (Wildman–Crippen LogP) is 15.0. The molecule has 2 atom stereocenters. The first-order valence-corrected chi connectivity index (χ1v) is 21.6. The second-order valence-corrected chi connectivity index (χ2v) is 16.0. The third-order valence-electron chi connectivity index (χ3n) is 11.5. The first-order chi connectivity index (χ1) is 30.2. The smallest absolute Gasteiger partial charge is 0.131 e. The Hall–Kier alpha value is -7.03. The van der Waals surface area contributed by atoms with Crippen molar-refractivity contribution in [2.24, 2.45) is 16.6 Å². The minimum Gasteiger partial charge on any atom is -0.383 e. The molecule has 2 heteroatoms. The molecule has 0 fully saturated rings. The van der Waals surface area contributed by atoms with Crippen molar-refractivity contribution in [2.75, 3.05) is 0 Å². The molecule has 5 aromatic rings. The molecule has 62 heavy (non-hydrogen) atoms. The SMILES string of the molecule is C=C/C=C\C(=C(\C)Cc1cccc(-c2cccc(C(=C/Cc3ccccc3)/N=C(\N)c3ccccc3)c2)c1)C(C1=C(C)C=CC(C)C=C1)(C(/C=C\C)=C/C=C)c1ccccc1C. The normalized spacial score (nSPS) is 16.3. The number of amidine groups is 1. The van der Waals surface area contributed by atoms with E-state index in [2.05, 4.69) is 206 Å². The summed E-state index contributed by atoms with van der Waals surface area (Å²) in [4.78, 5) is 5.02. The third-order valence-corrected chi connectivity index (χ3v) is 11.5. The van der Waals surface area contributed by atoms with Crippen LogP contribution in [0.5, 0.6) is 0 Å². The maximum absolute atomic E-state index is 6.64. The van der Waals surface area contributed by atoms with Crippen molar-refractivity contribution in [3.05, 3.63) is 281 Å². The Morgan fingerprint density at radius 2 is 1.37 bits per heavy atom. The summed E-state index contributed by atoms with van der Waals surface area (Å²) in [6.45, 7) is 19.4. The van der Waals surface area contributed by atoms with Crippen LogP contribution in [0, 0.1) is 12.8 Å². The Kier molecular flexibility index (Phi) is 15.4. The molecule has 0 spiro atoms. The molecule has 0 bridgehead atoms. The molecule has 310 valence electrons. The molecule has 2 unspecified atom stereocenters.